The Morgan fingerprint density at radius 1 is 1.42 bits per heavy atom. The number of anilines is 1. The second-order valence-corrected chi connectivity index (χ2v) is 9.63. The molecule has 1 aromatic heterocycles. The standard InChI is InChI=1S/C18H22N6O5S2/c1-24(5-3-4-6-24)10-8-30-16-12(15(26)23(16)13(10)17(27)28)21-14(25)11(22-29-2)9-7-31-18(19)20-9/h7-8,12-13,16H,3-6H2,1-2H3,(H3-,19,20,21,25,27,28)/p+1/b22-11+/t12-,13?,16-/m1/s1. The highest BCUT2D eigenvalue weighted by Gasteiger charge is 2.59. The summed E-state index contributed by atoms with van der Waals surface area (Å²) in [6.07, 6.45) is 2.04. The zero-order valence-corrected chi connectivity index (χ0v) is 18.6. The number of β-lactam (4-membered cyclic amide) rings is 1. The second-order valence-electron chi connectivity index (χ2n) is 7.75. The van der Waals surface area contributed by atoms with Crippen LogP contribution in [0, 0.1) is 0 Å². The van der Waals surface area contributed by atoms with E-state index in [0.29, 0.717) is 10.2 Å². The first-order valence-corrected chi connectivity index (χ1v) is 11.5. The lowest BCUT2D eigenvalue weighted by Gasteiger charge is -2.52. The summed E-state index contributed by atoms with van der Waals surface area (Å²) in [6.45, 7) is 1.69. The number of hydrogen-bond acceptors (Lipinski definition) is 9. The van der Waals surface area contributed by atoms with E-state index in [0.717, 1.165) is 37.3 Å². The summed E-state index contributed by atoms with van der Waals surface area (Å²) in [5.41, 5.74) is 6.47. The van der Waals surface area contributed by atoms with Gasteiger partial charge in [0.2, 0.25) is 11.9 Å². The van der Waals surface area contributed by atoms with Gasteiger partial charge < -0.3 is 25.9 Å². The predicted octanol–water partition coefficient (Wildman–Crippen LogP) is 0.0107. The molecule has 13 heteroatoms. The summed E-state index contributed by atoms with van der Waals surface area (Å²) < 4.78 is 0.521. The van der Waals surface area contributed by atoms with Gasteiger partial charge in [-0.2, -0.15) is 0 Å². The van der Waals surface area contributed by atoms with Crippen LogP contribution in [0.3, 0.4) is 0 Å². The third-order valence-electron chi connectivity index (χ3n) is 5.83. The van der Waals surface area contributed by atoms with Gasteiger partial charge in [0, 0.05) is 23.6 Å². The van der Waals surface area contributed by atoms with Crippen LogP contribution in [0.15, 0.2) is 21.6 Å². The molecule has 4 N–H and O–H groups in total. The molecule has 0 bridgehead atoms. The van der Waals surface area contributed by atoms with Crippen LogP contribution in [0.2, 0.25) is 0 Å². The summed E-state index contributed by atoms with van der Waals surface area (Å²) >= 11 is 2.50. The number of thiazole rings is 1. The minimum Gasteiger partial charge on any atom is -0.479 e. The molecule has 1 unspecified atom stereocenters. The lowest BCUT2D eigenvalue weighted by Crippen LogP contribution is -2.75. The third kappa shape index (κ3) is 3.66. The Labute approximate surface area is 186 Å². The Bertz CT molecular complexity index is 986. The lowest BCUT2D eigenvalue weighted by molar-refractivity contribution is -0.862. The van der Waals surface area contributed by atoms with E-state index in [2.05, 4.69) is 15.5 Å². The number of likely N-dealkylation sites (N-methyl/N-ethyl adjacent to an activating group) is 1. The molecule has 2 amide bonds. The number of hydrogen-bond donors (Lipinski definition) is 3. The monoisotopic (exact) mass is 467 g/mol. The van der Waals surface area contributed by atoms with Crippen LogP contribution < -0.4 is 11.1 Å². The van der Waals surface area contributed by atoms with E-state index in [1.807, 2.05) is 12.5 Å². The van der Waals surface area contributed by atoms with E-state index in [1.165, 1.54) is 23.8 Å². The number of nitrogens with one attached hydrogen (secondary N) is 1. The quantitative estimate of drug-likeness (QED) is 0.229. The van der Waals surface area contributed by atoms with Crippen LogP contribution in [0.5, 0.6) is 0 Å². The highest BCUT2D eigenvalue weighted by atomic mass is 32.2. The Morgan fingerprint density at radius 2 is 2.13 bits per heavy atom. The van der Waals surface area contributed by atoms with Gasteiger partial charge in [0.25, 0.3) is 5.91 Å². The fourth-order valence-corrected chi connectivity index (χ4v) is 6.15. The largest absolute Gasteiger partial charge is 0.479 e. The van der Waals surface area contributed by atoms with Crippen LogP contribution in [-0.2, 0) is 19.2 Å². The summed E-state index contributed by atoms with van der Waals surface area (Å²) in [6, 6.07) is -1.92. The van der Waals surface area contributed by atoms with Gasteiger partial charge in [-0.25, -0.2) is 9.78 Å². The van der Waals surface area contributed by atoms with Gasteiger partial charge in [-0.15, -0.1) is 23.1 Å². The number of amides is 2. The number of carboxylic acids is 1. The number of quaternary nitrogens is 1. The van der Waals surface area contributed by atoms with Crippen molar-refractivity contribution in [3.05, 3.63) is 22.2 Å². The molecule has 1 aromatic rings. The number of nitrogens with zero attached hydrogens (tertiary/aromatic N) is 4. The number of likely N-dealkylation sites (tertiary alicyclic amines) is 1. The number of nitrogens with two attached hydrogens (primary N) is 1. The highest BCUT2D eigenvalue weighted by Crippen LogP contribution is 2.43. The number of aromatic nitrogens is 1. The molecule has 4 heterocycles. The smallest absolute Gasteiger partial charge is 0.336 e. The van der Waals surface area contributed by atoms with Gasteiger partial charge in [-0.1, -0.05) is 5.16 Å². The topological polar surface area (TPSA) is 147 Å². The molecule has 3 atom stereocenters. The maximum Gasteiger partial charge on any atom is 0.336 e. The number of fused-ring (bicyclic) bond motifs is 1. The van der Waals surface area contributed by atoms with E-state index in [1.54, 1.807) is 5.38 Å². The fraction of sp³-hybridized carbons (Fsp3) is 0.500. The number of thioether (sulfide) groups is 1. The Hall–Kier alpha value is -2.64. The van der Waals surface area contributed by atoms with Gasteiger partial charge in [0.1, 0.15) is 29.9 Å². The van der Waals surface area contributed by atoms with Crippen LogP contribution >= 0.6 is 23.1 Å². The second kappa shape index (κ2) is 8.13. The Balaban J connectivity index is 1.55. The van der Waals surface area contributed by atoms with E-state index in [9.17, 15) is 19.5 Å². The van der Waals surface area contributed by atoms with Gasteiger partial charge in [0.05, 0.1) is 20.1 Å². The fourth-order valence-electron chi connectivity index (χ4n) is 4.25. The Morgan fingerprint density at radius 3 is 2.71 bits per heavy atom. The van der Waals surface area contributed by atoms with Crippen molar-refractivity contribution in [3.8, 4) is 0 Å². The van der Waals surface area contributed by atoms with E-state index < -0.39 is 35.2 Å². The summed E-state index contributed by atoms with van der Waals surface area (Å²) in [7, 11) is 3.30. The molecule has 4 rings (SSSR count). The van der Waals surface area contributed by atoms with E-state index in [4.69, 9.17) is 10.6 Å². The van der Waals surface area contributed by atoms with Gasteiger partial charge in [-0.3, -0.25) is 14.1 Å². The molecule has 2 saturated heterocycles. The van der Waals surface area contributed by atoms with Crippen LogP contribution in [0.4, 0.5) is 5.13 Å². The van der Waals surface area contributed by atoms with Crippen molar-refractivity contribution >= 4 is 51.7 Å². The minimum absolute atomic E-state index is 0.108. The number of aliphatic carboxylic acids is 1. The van der Waals surface area contributed by atoms with Crippen LogP contribution in [0.25, 0.3) is 0 Å². The minimum atomic E-state index is -1.07. The number of carboxylic acid groups (broad SMARTS) is 1. The first-order chi connectivity index (χ1) is 14.8. The van der Waals surface area contributed by atoms with Gasteiger partial charge >= 0.3 is 5.97 Å². The molecular weight excluding hydrogens is 444 g/mol. The molecule has 31 heavy (non-hydrogen) atoms. The lowest BCUT2D eigenvalue weighted by atomic mass is 9.99. The van der Waals surface area contributed by atoms with Crippen LogP contribution in [-0.4, -0.2) is 87.7 Å². The van der Waals surface area contributed by atoms with Crippen molar-refractivity contribution in [3.63, 3.8) is 0 Å². The molecule has 2 fully saturated rings. The van der Waals surface area contributed by atoms with Crippen molar-refractivity contribution in [1.29, 1.82) is 0 Å². The molecule has 11 nitrogen and oxygen atoms in total. The SMILES string of the molecule is CO/N=C(/C(=O)N[C@@H]1C(=O)N2C(C(=O)O)C([N+]3(C)CCCC3)=CS[C@H]12)c1csc(N)n1. The molecule has 3 aliphatic heterocycles. The molecule has 0 aliphatic carbocycles. The summed E-state index contributed by atoms with van der Waals surface area (Å²) in [4.78, 5) is 48.0. The maximum absolute atomic E-state index is 12.9. The first-order valence-electron chi connectivity index (χ1n) is 9.66. The van der Waals surface area contributed by atoms with E-state index >= 15 is 0 Å². The number of rotatable bonds is 6. The highest BCUT2D eigenvalue weighted by molar-refractivity contribution is 8.02. The van der Waals surface area contributed by atoms with Crippen molar-refractivity contribution in [2.45, 2.75) is 30.3 Å². The summed E-state index contributed by atoms with van der Waals surface area (Å²) in [5.74, 6) is -2.16. The number of carbonyl (C=O) groups is 3. The normalized spacial score (nSPS) is 27.2. The van der Waals surface area contributed by atoms with Gasteiger partial charge in [-0.05, 0) is 0 Å². The number of nitrogen functional groups attached to an aromatic ring is 1. The number of oxime groups is 1. The van der Waals surface area contributed by atoms with Crippen molar-refractivity contribution < 1.29 is 28.8 Å². The third-order valence-corrected chi connectivity index (χ3v) is 7.66. The van der Waals surface area contributed by atoms with Crippen LogP contribution in [0.1, 0.15) is 18.5 Å². The zero-order valence-electron chi connectivity index (χ0n) is 17.0. The predicted molar refractivity (Wildman–Crippen MR) is 115 cm³/mol. The molecule has 166 valence electrons. The molecular formula is C18H23N6O5S2+. The molecule has 0 radical (unpaired) electrons. The van der Waals surface area contributed by atoms with E-state index in [-0.39, 0.29) is 16.5 Å². The zero-order chi connectivity index (χ0) is 22.3. The average molecular weight is 468 g/mol. The first kappa shape index (κ1) is 21.6. The number of carbonyl (C=O) groups excluding carboxylic acids is 2. The van der Waals surface area contributed by atoms with Gasteiger partial charge in [0.15, 0.2) is 10.8 Å². The summed E-state index contributed by atoms with van der Waals surface area (Å²) in [5, 5.41) is 19.4. The average Bonchev–Trinajstić information content (AvgIpc) is 3.37. The maximum atomic E-state index is 12.9. The van der Waals surface area contributed by atoms with Crippen molar-refractivity contribution in [2.75, 3.05) is 33.0 Å². The molecule has 0 aromatic carbocycles. The Kier molecular flexibility index (Phi) is 5.66. The van der Waals surface area contributed by atoms with Crippen molar-refractivity contribution in [2.24, 2.45) is 5.16 Å². The van der Waals surface area contributed by atoms with Crippen molar-refractivity contribution in [1.82, 2.24) is 15.2 Å². The molecule has 0 spiro atoms. The molecule has 0 saturated carbocycles. The molecule has 3 aliphatic rings.